The van der Waals surface area contributed by atoms with E-state index in [0.29, 0.717) is 18.3 Å². The summed E-state index contributed by atoms with van der Waals surface area (Å²) in [4.78, 5) is 11.7. The number of ether oxygens (including phenoxy) is 1. The van der Waals surface area contributed by atoms with Gasteiger partial charge < -0.3 is 4.74 Å². The second-order valence-electron chi connectivity index (χ2n) is 4.99. The molecule has 2 bridgehead atoms. The summed E-state index contributed by atoms with van der Waals surface area (Å²) in [6, 6.07) is 8.02. The second kappa shape index (κ2) is 4.02. The van der Waals surface area contributed by atoms with E-state index in [1.165, 1.54) is 0 Å². The summed E-state index contributed by atoms with van der Waals surface area (Å²) in [5.41, 5.74) is 1.15. The fraction of sp³-hybridized carbons (Fsp3) is 0.400. The van der Waals surface area contributed by atoms with Crippen LogP contribution in [-0.2, 0) is 4.79 Å². The number of carbonyl (C=O) groups is 1. The molecule has 0 aromatic heterocycles. The normalized spacial score (nSPS) is 29.9. The molecule has 3 unspecified atom stereocenters. The molecule has 0 spiro atoms. The van der Waals surface area contributed by atoms with Crippen molar-refractivity contribution >= 4 is 5.78 Å². The van der Waals surface area contributed by atoms with E-state index in [1.807, 2.05) is 31.2 Å². The molecule has 3 rings (SSSR count). The molecule has 2 aliphatic rings. The van der Waals surface area contributed by atoms with Gasteiger partial charge in [-0.2, -0.15) is 0 Å². The third-order valence-electron chi connectivity index (χ3n) is 3.86. The summed E-state index contributed by atoms with van der Waals surface area (Å²) in [7, 11) is 0. The van der Waals surface area contributed by atoms with Crippen LogP contribution >= 0.6 is 0 Å². The van der Waals surface area contributed by atoms with Crippen molar-refractivity contribution in [2.75, 3.05) is 6.61 Å². The van der Waals surface area contributed by atoms with Gasteiger partial charge in [-0.25, -0.2) is 0 Å². The molecule has 0 heterocycles. The Hall–Kier alpha value is -1.57. The quantitative estimate of drug-likeness (QED) is 0.744. The number of rotatable bonds is 3. The van der Waals surface area contributed by atoms with Gasteiger partial charge in [0.2, 0.25) is 0 Å². The van der Waals surface area contributed by atoms with E-state index in [4.69, 9.17) is 4.74 Å². The summed E-state index contributed by atoms with van der Waals surface area (Å²) in [5.74, 6) is 1.99. The second-order valence-corrected chi connectivity index (χ2v) is 4.99. The summed E-state index contributed by atoms with van der Waals surface area (Å²) in [6.45, 7) is 2.70. The van der Waals surface area contributed by atoms with Crippen molar-refractivity contribution in [2.24, 2.45) is 17.8 Å². The van der Waals surface area contributed by atoms with Crippen molar-refractivity contribution in [1.82, 2.24) is 0 Å². The first kappa shape index (κ1) is 10.6. The Bertz CT molecular complexity index is 476. The van der Waals surface area contributed by atoms with E-state index < -0.39 is 0 Å². The number of carbonyl (C=O) groups excluding carboxylic acids is 1. The Morgan fingerprint density at radius 2 is 2.12 bits per heavy atom. The van der Waals surface area contributed by atoms with Crippen LogP contribution in [0.2, 0.25) is 0 Å². The Labute approximate surface area is 101 Å². The minimum Gasteiger partial charge on any atom is -0.493 e. The van der Waals surface area contributed by atoms with Crippen molar-refractivity contribution in [1.29, 1.82) is 0 Å². The van der Waals surface area contributed by atoms with Crippen LogP contribution in [0.25, 0.3) is 0 Å². The van der Waals surface area contributed by atoms with Crippen molar-refractivity contribution < 1.29 is 9.53 Å². The molecule has 1 saturated carbocycles. The highest BCUT2D eigenvalue weighted by Crippen LogP contribution is 2.40. The van der Waals surface area contributed by atoms with Crippen molar-refractivity contribution in [3.05, 3.63) is 42.0 Å². The molecule has 0 N–H and O–H groups in total. The minimum atomic E-state index is 0.115. The molecule has 0 amide bonds. The summed E-state index contributed by atoms with van der Waals surface area (Å²) < 4.78 is 5.84. The summed E-state index contributed by atoms with van der Waals surface area (Å²) >= 11 is 0. The molecule has 1 aromatic carbocycles. The van der Waals surface area contributed by atoms with E-state index >= 15 is 0 Å². The standard InChI is InChI=1S/C15H16O2/c1-10-4-2-3-5-14(10)17-9-12-8-11-6-7-13(12)15(11)16/h2-7,11-13H,8-9H2,1H3. The molecule has 1 fully saturated rings. The van der Waals surface area contributed by atoms with E-state index in [2.05, 4.69) is 12.2 Å². The number of Topliss-reactive ketones (excluding diaryl/α,β-unsaturated/α-hetero) is 1. The average molecular weight is 228 g/mol. The van der Waals surface area contributed by atoms with E-state index in [9.17, 15) is 4.79 Å². The number of fused-ring (bicyclic) bond motifs is 2. The molecule has 2 nitrogen and oxygen atoms in total. The molecule has 0 saturated heterocycles. The van der Waals surface area contributed by atoms with Gasteiger partial charge in [-0.05, 0) is 25.0 Å². The summed E-state index contributed by atoms with van der Waals surface area (Å²) in [6.07, 6.45) is 5.07. The van der Waals surface area contributed by atoms with Gasteiger partial charge in [0.25, 0.3) is 0 Å². The lowest BCUT2D eigenvalue weighted by molar-refractivity contribution is -0.121. The zero-order valence-corrected chi connectivity index (χ0v) is 9.93. The smallest absolute Gasteiger partial charge is 0.146 e. The minimum absolute atomic E-state index is 0.115. The van der Waals surface area contributed by atoms with Crippen LogP contribution < -0.4 is 4.74 Å². The van der Waals surface area contributed by atoms with Gasteiger partial charge in [0.05, 0.1) is 6.61 Å². The lowest BCUT2D eigenvalue weighted by atomic mass is 9.94. The number of benzene rings is 1. The van der Waals surface area contributed by atoms with Crippen LogP contribution in [0, 0.1) is 24.7 Å². The SMILES string of the molecule is Cc1ccccc1OCC1CC2C=CC1C2=O. The van der Waals surface area contributed by atoms with E-state index in [1.54, 1.807) is 0 Å². The number of hydrogen-bond acceptors (Lipinski definition) is 2. The number of allylic oxidation sites excluding steroid dienone is 2. The maximum atomic E-state index is 11.7. The third-order valence-corrected chi connectivity index (χ3v) is 3.86. The zero-order chi connectivity index (χ0) is 11.8. The fourth-order valence-electron chi connectivity index (χ4n) is 2.83. The zero-order valence-electron chi connectivity index (χ0n) is 9.93. The van der Waals surface area contributed by atoms with Crippen LogP contribution in [0.3, 0.4) is 0 Å². The van der Waals surface area contributed by atoms with Gasteiger partial charge in [-0.15, -0.1) is 0 Å². The molecule has 1 aromatic rings. The van der Waals surface area contributed by atoms with Gasteiger partial charge in [0.15, 0.2) is 0 Å². The van der Waals surface area contributed by atoms with Gasteiger partial charge in [0, 0.05) is 17.8 Å². The van der Waals surface area contributed by atoms with Crippen LogP contribution in [-0.4, -0.2) is 12.4 Å². The molecule has 3 atom stereocenters. The number of hydrogen-bond donors (Lipinski definition) is 0. The molecule has 2 heteroatoms. The maximum Gasteiger partial charge on any atom is 0.146 e. The Balaban J connectivity index is 1.65. The highest BCUT2D eigenvalue weighted by molar-refractivity contribution is 5.91. The first-order valence-corrected chi connectivity index (χ1v) is 6.16. The highest BCUT2D eigenvalue weighted by Gasteiger charge is 2.43. The van der Waals surface area contributed by atoms with Gasteiger partial charge in [-0.1, -0.05) is 30.4 Å². The molecule has 88 valence electrons. The number of ketones is 1. The lowest BCUT2D eigenvalue weighted by Gasteiger charge is -2.18. The van der Waals surface area contributed by atoms with Crippen LogP contribution in [0.5, 0.6) is 5.75 Å². The van der Waals surface area contributed by atoms with E-state index in [-0.39, 0.29) is 11.8 Å². The first-order valence-electron chi connectivity index (χ1n) is 6.16. The predicted octanol–water partition coefficient (Wildman–Crippen LogP) is 2.77. The Morgan fingerprint density at radius 3 is 2.76 bits per heavy atom. The molecular formula is C15H16O2. The van der Waals surface area contributed by atoms with Crippen LogP contribution in [0.15, 0.2) is 36.4 Å². The third kappa shape index (κ3) is 1.78. The topological polar surface area (TPSA) is 26.3 Å². The Kier molecular flexibility index (Phi) is 2.50. The molecular weight excluding hydrogens is 212 g/mol. The monoisotopic (exact) mass is 228 g/mol. The van der Waals surface area contributed by atoms with Crippen LogP contribution in [0.4, 0.5) is 0 Å². The van der Waals surface area contributed by atoms with Gasteiger partial charge >= 0.3 is 0 Å². The number of aryl methyl sites for hydroxylation is 1. The average Bonchev–Trinajstić information content (AvgIpc) is 2.84. The van der Waals surface area contributed by atoms with Gasteiger partial charge in [0.1, 0.15) is 11.5 Å². The summed E-state index contributed by atoms with van der Waals surface area (Å²) in [5, 5.41) is 0. The van der Waals surface area contributed by atoms with Crippen molar-refractivity contribution in [3.8, 4) is 5.75 Å². The first-order chi connectivity index (χ1) is 8.25. The number of para-hydroxylation sites is 1. The molecule has 2 aliphatic carbocycles. The molecule has 0 radical (unpaired) electrons. The van der Waals surface area contributed by atoms with Crippen molar-refractivity contribution in [3.63, 3.8) is 0 Å². The molecule has 0 aliphatic heterocycles. The lowest BCUT2D eigenvalue weighted by Crippen LogP contribution is -2.18. The largest absolute Gasteiger partial charge is 0.493 e. The molecule has 17 heavy (non-hydrogen) atoms. The maximum absolute atomic E-state index is 11.7. The van der Waals surface area contributed by atoms with E-state index in [0.717, 1.165) is 17.7 Å². The van der Waals surface area contributed by atoms with Crippen LogP contribution in [0.1, 0.15) is 12.0 Å². The van der Waals surface area contributed by atoms with Crippen molar-refractivity contribution in [2.45, 2.75) is 13.3 Å². The predicted molar refractivity (Wildman–Crippen MR) is 65.9 cm³/mol. The van der Waals surface area contributed by atoms with Gasteiger partial charge in [-0.3, -0.25) is 4.79 Å². The Morgan fingerprint density at radius 1 is 1.29 bits per heavy atom. The highest BCUT2D eigenvalue weighted by atomic mass is 16.5. The fourth-order valence-corrected chi connectivity index (χ4v) is 2.83.